The van der Waals surface area contributed by atoms with Crippen LogP contribution in [0.15, 0.2) is 29.6 Å². The molecule has 0 aliphatic carbocycles. The van der Waals surface area contributed by atoms with Gasteiger partial charge in [0, 0.05) is 13.1 Å². The number of carbonyl (C=O) groups is 1. The first-order valence-electron chi connectivity index (χ1n) is 9.04. The molecule has 0 saturated carbocycles. The maximum absolute atomic E-state index is 13.3. The molecule has 1 heterocycles. The highest BCUT2D eigenvalue weighted by molar-refractivity contribution is 7.58. The highest BCUT2D eigenvalue weighted by atomic mass is 31.2. The summed E-state index contributed by atoms with van der Waals surface area (Å²) in [7, 11) is -1.92. The topological polar surface area (TPSA) is 65.1 Å². The second-order valence-electron chi connectivity index (χ2n) is 6.01. The van der Waals surface area contributed by atoms with Crippen LogP contribution < -0.4 is 4.74 Å². The van der Waals surface area contributed by atoms with Crippen LogP contribution in [0.2, 0.25) is 0 Å². The Morgan fingerprint density at radius 1 is 1.12 bits per heavy atom. The Morgan fingerprint density at radius 2 is 1.69 bits per heavy atom. The molecule has 1 aliphatic rings. The first kappa shape index (κ1) is 20.7. The quantitative estimate of drug-likeness (QED) is 0.596. The van der Waals surface area contributed by atoms with Crippen molar-refractivity contribution in [2.24, 2.45) is 0 Å². The van der Waals surface area contributed by atoms with Crippen LogP contribution in [-0.4, -0.2) is 44.2 Å². The third kappa shape index (κ3) is 5.44. The summed E-state index contributed by atoms with van der Waals surface area (Å²) >= 11 is 0. The second kappa shape index (κ2) is 9.91. The van der Waals surface area contributed by atoms with Crippen LogP contribution in [-0.2, 0) is 18.4 Å². The van der Waals surface area contributed by atoms with Crippen LogP contribution in [0.1, 0.15) is 38.7 Å². The van der Waals surface area contributed by atoms with E-state index in [9.17, 15) is 9.36 Å². The summed E-state index contributed by atoms with van der Waals surface area (Å²) in [6.45, 7) is 5.52. The zero-order chi connectivity index (χ0) is 19.0. The van der Waals surface area contributed by atoms with E-state index in [0.29, 0.717) is 5.31 Å². The van der Waals surface area contributed by atoms with Crippen LogP contribution in [0.4, 0.5) is 0 Å². The molecular weight excluding hydrogens is 353 g/mol. The van der Waals surface area contributed by atoms with Gasteiger partial charge in [-0.2, -0.15) is 0 Å². The molecule has 1 amide bonds. The smallest absolute Gasteiger partial charge is 0.357 e. The third-order valence-electron chi connectivity index (χ3n) is 4.19. The molecule has 0 aromatic heterocycles. The van der Waals surface area contributed by atoms with Gasteiger partial charge in [0.2, 0.25) is 5.91 Å². The van der Waals surface area contributed by atoms with Gasteiger partial charge in [0.15, 0.2) is 0 Å². The van der Waals surface area contributed by atoms with Crippen molar-refractivity contribution in [1.82, 2.24) is 4.90 Å². The Kier molecular flexibility index (Phi) is 7.88. The number of nitrogens with zero attached hydrogens (tertiary/aromatic N) is 1. The lowest BCUT2D eigenvalue weighted by atomic mass is 10.2. The molecule has 6 nitrogen and oxygen atoms in total. The minimum Gasteiger partial charge on any atom is -0.497 e. The van der Waals surface area contributed by atoms with Crippen molar-refractivity contribution in [3.05, 3.63) is 35.1 Å². The highest BCUT2D eigenvalue weighted by Crippen LogP contribution is 2.58. The molecule has 0 N–H and O–H groups in total. The van der Waals surface area contributed by atoms with Crippen LogP contribution in [0.3, 0.4) is 0 Å². The molecule has 26 heavy (non-hydrogen) atoms. The number of amides is 1. The number of likely N-dealkylation sites (tertiary alicyclic amines) is 1. The average Bonchev–Trinajstić information content (AvgIpc) is 3.17. The van der Waals surface area contributed by atoms with E-state index in [0.717, 1.165) is 37.2 Å². The number of carbonyl (C=O) groups excluding carboxylic acids is 1. The molecule has 0 spiro atoms. The predicted octanol–water partition coefficient (Wildman–Crippen LogP) is 4.31. The lowest BCUT2D eigenvalue weighted by molar-refractivity contribution is -0.129. The standard InChI is InChI=1S/C19H28NO5P/c1-4-24-26(22,25-5-2)18(15-19(21)20-12-6-7-13-20)14-16-8-10-17(23-3)11-9-16/h8-11,14H,4-7,12-13,15H2,1-3H3/b18-14-. The predicted molar refractivity (Wildman–Crippen MR) is 102 cm³/mol. The molecule has 1 aliphatic heterocycles. The van der Waals surface area contributed by atoms with Crippen LogP contribution in [0, 0.1) is 0 Å². The van der Waals surface area contributed by atoms with E-state index in [1.165, 1.54) is 0 Å². The van der Waals surface area contributed by atoms with Gasteiger partial charge in [-0.05, 0) is 50.5 Å². The minimum atomic E-state index is -3.53. The summed E-state index contributed by atoms with van der Waals surface area (Å²) < 4.78 is 29.4. The molecule has 1 fully saturated rings. The highest BCUT2D eigenvalue weighted by Gasteiger charge is 2.32. The summed E-state index contributed by atoms with van der Waals surface area (Å²) in [6, 6.07) is 7.33. The molecule has 0 atom stereocenters. The van der Waals surface area contributed by atoms with Gasteiger partial charge in [0.1, 0.15) is 5.75 Å². The largest absolute Gasteiger partial charge is 0.497 e. The lowest BCUT2D eigenvalue weighted by Gasteiger charge is -2.22. The fraction of sp³-hybridized carbons (Fsp3) is 0.526. The summed E-state index contributed by atoms with van der Waals surface area (Å²) in [5.74, 6) is 0.691. The van der Waals surface area contributed by atoms with Gasteiger partial charge >= 0.3 is 7.60 Å². The van der Waals surface area contributed by atoms with Gasteiger partial charge in [-0.1, -0.05) is 12.1 Å². The van der Waals surface area contributed by atoms with E-state index >= 15 is 0 Å². The van der Waals surface area contributed by atoms with Crippen molar-refractivity contribution in [2.45, 2.75) is 33.1 Å². The summed E-state index contributed by atoms with van der Waals surface area (Å²) in [5, 5.41) is 0.392. The maximum atomic E-state index is 13.3. The molecule has 1 aromatic carbocycles. The van der Waals surface area contributed by atoms with Crippen molar-refractivity contribution < 1.29 is 23.1 Å². The van der Waals surface area contributed by atoms with Crippen LogP contribution in [0.25, 0.3) is 6.08 Å². The lowest BCUT2D eigenvalue weighted by Crippen LogP contribution is -2.27. The third-order valence-corrected chi connectivity index (χ3v) is 6.38. The Hall–Kier alpha value is -1.62. The molecule has 144 valence electrons. The van der Waals surface area contributed by atoms with Crippen LogP contribution in [0.5, 0.6) is 5.75 Å². The van der Waals surface area contributed by atoms with Gasteiger partial charge in [0.05, 0.1) is 32.1 Å². The number of benzene rings is 1. The molecule has 1 saturated heterocycles. The fourth-order valence-corrected chi connectivity index (χ4v) is 4.62. The summed E-state index contributed by atoms with van der Waals surface area (Å²) in [4.78, 5) is 14.4. The van der Waals surface area contributed by atoms with E-state index < -0.39 is 7.60 Å². The molecular formula is C19H28NO5P. The van der Waals surface area contributed by atoms with Gasteiger partial charge in [-0.15, -0.1) is 0 Å². The fourth-order valence-electron chi connectivity index (χ4n) is 2.90. The zero-order valence-corrected chi connectivity index (χ0v) is 16.7. The molecule has 7 heteroatoms. The summed E-state index contributed by atoms with van der Waals surface area (Å²) in [6.07, 6.45) is 3.79. The van der Waals surface area contributed by atoms with Gasteiger partial charge in [-0.25, -0.2) is 0 Å². The molecule has 2 rings (SSSR count). The maximum Gasteiger partial charge on any atom is 0.357 e. The van der Waals surface area contributed by atoms with E-state index in [2.05, 4.69) is 0 Å². The van der Waals surface area contributed by atoms with Gasteiger partial charge in [0.25, 0.3) is 0 Å². The Balaban J connectivity index is 2.33. The average molecular weight is 381 g/mol. The van der Waals surface area contributed by atoms with E-state index in [1.54, 1.807) is 27.0 Å². The zero-order valence-electron chi connectivity index (χ0n) is 15.8. The van der Waals surface area contributed by atoms with E-state index in [4.69, 9.17) is 13.8 Å². The minimum absolute atomic E-state index is 0.0311. The monoisotopic (exact) mass is 381 g/mol. The van der Waals surface area contributed by atoms with Crippen molar-refractivity contribution in [1.29, 1.82) is 0 Å². The van der Waals surface area contributed by atoms with Gasteiger partial charge in [-0.3, -0.25) is 9.36 Å². The second-order valence-corrected chi connectivity index (χ2v) is 8.09. The number of hydrogen-bond acceptors (Lipinski definition) is 5. The van der Waals surface area contributed by atoms with Crippen molar-refractivity contribution >= 4 is 19.6 Å². The van der Waals surface area contributed by atoms with E-state index in [1.807, 2.05) is 29.2 Å². The number of methoxy groups -OCH3 is 1. The van der Waals surface area contributed by atoms with Crippen LogP contribution >= 0.6 is 7.60 Å². The molecule has 0 bridgehead atoms. The van der Waals surface area contributed by atoms with Crippen molar-refractivity contribution in [2.75, 3.05) is 33.4 Å². The Bertz CT molecular complexity index is 655. The Labute approximate surface area is 155 Å². The SMILES string of the molecule is CCOP(=O)(OCC)/C(=C\c1ccc(OC)cc1)CC(=O)N1CCCC1. The molecule has 0 radical (unpaired) electrons. The first-order chi connectivity index (χ1) is 12.5. The number of hydrogen-bond donors (Lipinski definition) is 0. The molecule has 1 aromatic rings. The van der Waals surface area contributed by atoms with Crippen molar-refractivity contribution in [3.63, 3.8) is 0 Å². The normalized spacial score (nSPS) is 15.3. The first-order valence-corrected chi connectivity index (χ1v) is 10.6. The number of ether oxygens (including phenoxy) is 1. The Morgan fingerprint density at radius 3 is 2.19 bits per heavy atom. The summed E-state index contributed by atoms with van der Waals surface area (Å²) in [5.41, 5.74) is 0.814. The van der Waals surface area contributed by atoms with Crippen molar-refractivity contribution in [3.8, 4) is 5.75 Å². The van der Waals surface area contributed by atoms with E-state index in [-0.39, 0.29) is 25.5 Å². The number of rotatable bonds is 9. The van der Waals surface area contributed by atoms with Gasteiger partial charge < -0.3 is 18.7 Å². The molecule has 0 unspecified atom stereocenters.